The predicted molar refractivity (Wildman–Crippen MR) is 190 cm³/mol. The van der Waals surface area contributed by atoms with Crippen LogP contribution in [-0.4, -0.2) is 68.8 Å². The van der Waals surface area contributed by atoms with Crippen molar-refractivity contribution in [1.82, 2.24) is 14.9 Å². The number of aromatic nitrogens is 2. The summed E-state index contributed by atoms with van der Waals surface area (Å²) in [5.74, 6) is 1.20. The molecule has 4 aromatic rings. The zero-order valence-corrected chi connectivity index (χ0v) is 28.1. The number of rotatable bonds is 12. The maximum Gasteiger partial charge on any atom is 0.247 e. The van der Waals surface area contributed by atoms with Crippen LogP contribution in [0.5, 0.6) is 5.75 Å². The maximum atomic E-state index is 12.3. The molecule has 0 bridgehead atoms. The van der Waals surface area contributed by atoms with Crippen LogP contribution in [0.3, 0.4) is 0 Å². The molecule has 0 unspecified atom stereocenters. The summed E-state index contributed by atoms with van der Waals surface area (Å²) in [6.45, 7) is 11.0. The van der Waals surface area contributed by atoms with Crippen molar-refractivity contribution in [3.05, 3.63) is 66.1 Å². The third kappa shape index (κ3) is 7.91. The number of aryl methyl sites for hydroxylation is 1. The summed E-state index contributed by atoms with van der Waals surface area (Å²) in [5.41, 5.74) is 4.65. The van der Waals surface area contributed by atoms with Crippen molar-refractivity contribution in [2.75, 3.05) is 61.9 Å². The average molecular weight is 719 g/mol. The van der Waals surface area contributed by atoms with Gasteiger partial charge in [0, 0.05) is 32.9 Å². The fourth-order valence-corrected chi connectivity index (χ4v) is 4.94. The molecule has 0 atom stereocenters. The summed E-state index contributed by atoms with van der Waals surface area (Å²) < 4.78 is 6.63. The third-order valence-corrected chi connectivity index (χ3v) is 7.17. The number of hydrogen-bond donors (Lipinski definition) is 3. The lowest BCUT2D eigenvalue weighted by Gasteiger charge is -2.26. The van der Waals surface area contributed by atoms with Crippen molar-refractivity contribution in [3.8, 4) is 5.75 Å². The van der Waals surface area contributed by atoms with Crippen LogP contribution in [0.2, 0.25) is 0 Å². The molecular weight excluding hydrogens is 683 g/mol. The zero-order chi connectivity index (χ0) is 30.8. The van der Waals surface area contributed by atoms with Crippen LogP contribution in [-0.2, 0) is 4.79 Å². The van der Waals surface area contributed by atoms with E-state index in [-0.39, 0.29) is 5.91 Å². The van der Waals surface area contributed by atoms with Crippen LogP contribution < -0.4 is 25.3 Å². The molecule has 0 saturated heterocycles. The Hall–Kier alpha value is -3.40. The zero-order valence-electron chi connectivity index (χ0n) is 24.3. The molecule has 2 heterocycles. The van der Waals surface area contributed by atoms with E-state index in [4.69, 9.17) is 14.7 Å². The molecule has 2 aromatic heterocycles. The Morgan fingerprint density at radius 1 is 1.12 bits per heavy atom. The highest BCUT2D eigenvalue weighted by molar-refractivity contribution is 14.2. The first-order chi connectivity index (χ1) is 20.2. The van der Waals surface area contributed by atoms with Gasteiger partial charge in [0.1, 0.15) is 5.75 Å². The molecule has 13 heteroatoms. The van der Waals surface area contributed by atoms with E-state index in [1.54, 1.807) is 12.1 Å². The molecule has 0 spiro atoms. The van der Waals surface area contributed by atoms with Crippen molar-refractivity contribution in [2.24, 2.45) is 5.10 Å². The van der Waals surface area contributed by atoms with Gasteiger partial charge in [-0.15, -0.1) is 21.1 Å². The number of anilines is 6. The SMILES string of the molecule is C=CC(=O)Nc1cc(Nc2nc(N(N=C)c3ccccc3C)c3sccc3n2)c(OC)cc1N(C)CCN(C)C.SI. The van der Waals surface area contributed by atoms with Crippen LogP contribution in [0.15, 0.2) is 65.6 Å². The molecule has 42 heavy (non-hydrogen) atoms. The molecule has 10 nitrogen and oxygen atoms in total. The first kappa shape index (κ1) is 33.1. The Kier molecular flexibility index (Phi) is 12.4. The van der Waals surface area contributed by atoms with Gasteiger partial charge in [0.05, 0.1) is 40.1 Å². The highest BCUT2D eigenvalue weighted by Gasteiger charge is 2.20. The molecule has 2 aromatic carbocycles. The molecule has 0 radical (unpaired) electrons. The second kappa shape index (κ2) is 15.7. The number of benzene rings is 2. The number of halogens is 1. The summed E-state index contributed by atoms with van der Waals surface area (Å²) in [6.07, 6.45) is 1.24. The lowest BCUT2D eigenvalue weighted by Crippen LogP contribution is -2.29. The number of carbonyl (C=O) groups is 1. The number of carbonyl (C=O) groups excluding carboxylic acids is 1. The number of ether oxygens (including phenoxy) is 1. The number of likely N-dealkylation sites (N-methyl/N-ethyl adjacent to an activating group) is 2. The van der Waals surface area contributed by atoms with E-state index in [2.05, 4.69) is 48.6 Å². The van der Waals surface area contributed by atoms with Gasteiger partial charge < -0.3 is 25.2 Å². The van der Waals surface area contributed by atoms with Crippen molar-refractivity contribution < 1.29 is 9.53 Å². The number of nitrogens with one attached hydrogen (secondary N) is 2. The number of hydrogen-bond acceptors (Lipinski definition) is 11. The van der Waals surface area contributed by atoms with Gasteiger partial charge in [0.15, 0.2) is 5.82 Å². The number of amides is 1. The van der Waals surface area contributed by atoms with Crippen LogP contribution >= 0.6 is 42.3 Å². The molecule has 2 N–H and O–H groups in total. The van der Waals surface area contributed by atoms with E-state index >= 15 is 0 Å². The van der Waals surface area contributed by atoms with Crippen molar-refractivity contribution in [2.45, 2.75) is 6.92 Å². The molecular formula is C29H35IN8O2S2. The van der Waals surface area contributed by atoms with E-state index in [1.807, 2.05) is 97.1 Å². The summed E-state index contributed by atoms with van der Waals surface area (Å²) in [6, 6.07) is 13.5. The number of hydrazone groups is 1. The van der Waals surface area contributed by atoms with Crippen molar-refractivity contribution >= 4 is 99.7 Å². The van der Waals surface area contributed by atoms with Crippen molar-refractivity contribution in [1.29, 1.82) is 0 Å². The Balaban J connectivity index is 0.00000237. The number of nitrogens with zero attached hydrogens (tertiary/aromatic N) is 6. The lowest BCUT2D eigenvalue weighted by atomic mass is 10.2. The summed E-state index contributed by atoms with van der Waals surface area (Å²) in [4.78, 5) is 26.1. The highest BCUT2D eigenvalue weighted by atomic mass is 127. The average Bonchev–Trinajstić information content (AvgIpc) is 3.47. The first-order valence-corrected chi connectivity index (χ1v) is 16.9. The van der Waals surface area contributed by atoms with E-state index in [1.165, 1.54) is 17.4 Å². The molecule has 0 aliphatic heterocycles. The molecule has 222 valence electrons. The van der Waals surface area contributed by atoms with Crippen molar-refractivity contribution in [3.63, 3.8) is 0 Å². The Bertz CT molecular complexity index is 1550. The van der Waals surface area contributed by atoms with Crippen LogP contribution in [0.1, 0.15) is 5.56 Å². The minimum absolute atomic E-state index is 0.317. The number of thiol groups is 1. The Labute approximate surface area is 268 Å². The molecule has 0 saturated carbocycles. The maximum absolute atomic E-state index is 12.3. The van der Waals surface area contributed by atoms with Gasteiger partial charge in [-0.05, 0) is 77.4 Å². The van der Waals surface area contributed by atoms with Gasteiger partial charge in [0.2, 0.25) is 11.9 Å². The van der Waals surface area contributed by atoms with Gasteiger partial charge in [-0.1, -0.05) is 24.8 Å². The van der Waals surface area contributed by atoms with Crippen LogP contribution in [0, 0.1) is 6.92 Å². The summed E-state index contributed by atoms with van der Waals surface area (Å²) >= 11 is 3.38. The Morgan fingerprint density at radius 2 is 1.86 bits per heavy atom. The van der Waals surface area contributed by atoms with E-state index in [0.717, 1.165) is 40.2 Å². The predicted octanol–water partition coefficient (Wildman–Crippen LogP) is 6.89. The standard InChI is InChI=1S/C29H34N8O2S.HIS/c1-8-26(38)31-21-17-22(25(39-7)18-24(21)36(6)15-14-35(4)5)33-29-32-20-13-16-40-27(20)28(34-29)37(30-3)23-12-10-9-11-19(23)2;1-2/h8-13,16-18H,1,3,14-15H2,2,4-7H3,(H,31,38)(H,32,33,34);2H. The smallest absolute Gasteiger partial charge is 0.247 e. The minimum Gasteiger partial charge on any atom is -0.494 e. The van der Waals surface area contributed by atoms with Crippen LogP contribution in [0.4, 0.5) is 34.5 Å². The lowest BCUT2D eigenvalue weighted by molar-refractivity contribution is -0.111. The normalized spacial score (nSPS) is 10.5. The van der Waals surface area contributed by atoms with E-state index in [0.29, 0.717) is 28.9 Å². The van der Waals surface area contributed by atoms with E-state index < -0.39 is 0 Å². The second-order valence-electron chi connectivity index (χ2n) is 9.36. The quantitative estimate of drug-likeness (QED) is 0.0479. The molecule has 0 aliphatic carbocycles. The number of thiophene rings is 1. The molecule has 0 aliphatic rings. The molecule has 0 fully saturated rings. The molecule has 4 rings (SSSR count). The number of fused-ring (bicyclic) bond motifs is 1. The largest absolute Gasteiger partial charge is 0.494 e. The summed E-state index contributed by atoms with van der Waals surface area (Å²) in [7, 11) is 11.1. The second-order valence-corrected chi connectivity index (χ2v) is 10.3. The summed E-state index contributed by atoms with van der Waals surface area (Å²) in [5, 5.41) is 14.2. The van der Waals surface area contributed by atoms with Gasteiger partial charge >= 0.3 is 0 Å². The Morgan fingerprint density at radius 3 is 2.50 bits per heavy atom. The van der Waals surface area contributed by atoms with Gasteiger partial charge in [0.25, 0.3) is 0 Å². The monoisotopic (exact) mass is 718 g/mol. The highest BCUT2D eigenvalue weighted by Crippen LogP contribution is 2.40. The van der Waals surface area contributed by atoms with Gasteiger partial charge in [-0.25, -0.2) is 9.99 Å². The topological polar surface area (TPSA) is 98.2 Å². The van der Waals surface area contributed by atoms with Gasteiger partial charge in [-0.2, -0.15) is 10.1 Å². The number of para-hydroxylation sites is 1. The van der Waals surface area contributed by atoms with Gasteiger partial charge in [-0.3, -0.25) is 4.79 Å². The van der Waals surface area contributed by atoms with Crippen LogP contribution in [0.25, 0.3) is 10.2 Å². The first-order valence-electron chi connectivity index (χ1n) is 12.8. The fourth-order valence-electron chi connectivity index (χ4n) is 4.13. The minimum atomic E-state index is -0.317. The fraction of sp³-hybridized carbons (Fsp3) is 0.241. The molecule has 1 amide bonds. The third-order valence-electron chi connectivity index (χ3n) is 6.27. The van der Waals surface area contributed by atoms with E-state index in [9.17, 15) is 4.79 Å². The number of methoxy groups -OCH3 is 1.